The normalized spacial score (nSPS) is 21.9. The van der Waals surface area contributed by atoms with Crippen molar-refractivity contribution in [3.63, 3.8) is 0 Å². The number of carbonyl (C=O) groups is 3. The Morgan fingerprint density at radius 3 is 2.50 bits per heavy atom. The van der Waals surface area contributed by atoms with Gasteiger partial charge in [-0.15, -0.1) is 0 Å². The molecule has 1 atom stereocenters. The molecular weight excluding hydrogens is 432 g/mol. The molecule has 0 radical (unpaired) electrons. The van der Waals surface area contributed by atoms with Crippen molar-refractivity contribution in [2.75, 3.05) is 33.7 Å². The van der Waals surface area contributed by atoms with E-state index >= 15 is 0 Å². The minimum absolute atomic E-state index is 0.0931. The van der Waals surface area contributed by atoms with Crippen LogP contribution in [0.25, 0.3) is 10.8 Å². The number of primary amides is 1. The van der Waals surface area contributed by atoms with Crippen LogP contribution in [0, 0.1) is 5.92 Å². The number of nitrogens with two attached hydrogens (primary N) is 1. The SMILES string of the molecule is CN1C(=O)C2C(=NC(CN3CCC(C(N)=O)CC3)=[N+]2Cc2cccc3ccccc23)N(C)C1=O. The van der Waals surface area contributed by atoms with E-state index < -0.39 is 6.04 Å². The van der Waals surface area contributed by atoms with Crippen LogP contribution in [0.1, 0.15) is 18.4 Å². The largest absolute Gasteiger partial charge is 0.369 e. The number of likely N-dealkylation sites (N-methyl/N-ethyl adjacent to an activating group) is 2. The molecule has 176 valence electrons. The second-order valence-corrected chi connectivity index (χ2v) is 9.25. The molecule has 4 amide bonds. The first-order valence-electron chi connectivity index (χ1n) is 11.6. The van der Waals surface area contributed by atoms with Crippen LogP contribution in [0.2, 0.25) is 0 Å². The number of carbonyl (C=O) groups excluding carboxylic acids is 3. The number of nitrogens with zero attached hydrogens (tertiary/aromatic N) is 5. The summed E-state index contributed by atoms with van der Waals surface area (Å²) in [4.78, 5) is 47.1. The number of benzene rings is 2. The summed E-state index contributed by atoms with van der Waals surface area (Å²) in [6.07, 6.45) is 1.43. The topological polar surface area (TPSA) is 102 Å². The molecule has 34 heavy (non-hydrogen) atoms. The lowest BCUT2D eigenvalue weighted by atomic mass is 9.96. The van der Waals surface area contributed by atoms with E-state index in [1.165, 1.54) is 16.8 Å². The maximum absolute atomic E-state index is 13.3. The van der Waals surface area contributed by atoms with Gasteiger partial charge in [0.25, 0.3) is 17.8 Å². The Labute approximate surface area is 198 Å². The Morgan fingerprint density at radius 2 is 1.76 bits per heavy atom. The number of imide groups is 1. The van der Waals surface area contributed by atoms with Crippen molar-refractivity contribution in [2.45, 2.75) is 25.4 Å². The molecule has 2 aromatic carbocycles. The fraction of sp³-hybridized carbons (Fsp3) is 0.400. The number of amides is 4. The number of rotatable bonds is 5. The first-order chi connectivity index (χ1) is 16.3. The molecule has 0 saturated carbocycles. The third-order valence-corrected chi connectivity index (χ3v) is 7.19. The van der Waals surface area contributed by atoms with E-state index in [2.05, 4.69) is 29.2 Å². The van der Waals surface area contributed by atoms with Gasteiger partial charge in [0.1, 0.15) is 13.1 Å². The fourth-order valence-corrected chi connectivity index (χ4v) is 5.15. The summed E-state index contributed by atoms with van der Waals surface area (Å²) in [6, 6.07) is 13.3. The van der Waals surface area contributed by atoms with E-state index in [4.69, 9.17) is 10.7 Å². The standard InChI is InChI=1S/C25H28N6O3/c1-28-23-21(24(33)29(2)25(28)34)31(14-18-8-5-7-16-6-3-4-9-19(16)18)20(27-23)15-30-12-10-17(11-13-30)22(26)32/h3-9,17,21H,10-15H2,1-2H3,(H-,26,32)/p+1. The van der Waals surface area contributed by atoms with Crippen molar-refractivity contribution in [2.24, 2.45) is 16.6 Å². The quantitative estimate of drug-likeness (QED) is 0.677. The Hall–Kier alpha value is -3.59. The molecule has 2 N–H and O–H groups in total. The van der Waals surface area contributed by atoms with Crippen LogP contribution in [0.3, 0.4) is 0 Å². The predicted molar refractivity (Wildman–Crippen MR) is 128 cm³/mol. The van der Waals surface area contributed by atoms with Gasteiger partial charge in [-0.2, -0.15) is 0 Å². The van der Waals surface area contributed by atoms with Crippen LogP contribution in [0.5, 0.6) is 0 Å². The van der Waals surface area contributed by atoms with Crippen molar-refractivity contribution in [1.82, 2.24) is 14.7 Å². The number of hydrogen-bond acceptors (Lipinski definition) is 5. The Morgan fingerprint density at radius 1 is 1.06 bits per heavy atom. The van der Waals surface area contributed by atoms with Gasteiger partial charge in [0.15, 0.2) is 0 Å². The minimum atomic E-state index is -0.648. The van der Waals surface area contributed by atoms with Gasteiger partial charge in [-0.3, -0.25) is 24.3 Å². The van der Waals surface area contributed by atoms with Gasteiger partial charge >= 0.3 is 11.9 Å². The first-order valence-corrected chi connectivity index (χ1v) is 11.6. The van der Waals surface area contributed by atoms with Crippen LogP contribution < -0.4 is 5.73 Å². The minimum Gasteiger partial charge on any atom is -0.369 e. The summed E-state index contributed by atoms with van der Waals surface area (Å²) >= 11 is 0. The number of likely N-dealkylation sites (tertiary alicyclic amines) is 1. The Balaban J connectivity index is 1.51. The molecule has 0 spiro atoms. The molecule has 5 rings (SSSR count). The monoisotopic (exact) mass is 461 g/mol. The van der Waals surface area contributed by atoms with Gasteiger partial charge in [-0.1, -0.05) is 42.5 Å². The zero-order valence-corrected chi connectivity index (χ0v) is 19.5. The summed E-state index contributed by atoms with van der Waals surface area (Å²) in [5, 5.41) is 2.26. The number of urea groups is 1. The first kappa shape index (κ1) is 22.2. The van der Waals surface area contributed by atoms with Crippen molar-refractivity contribution < 1.29 is 19.0 Å². The number of hydrogen-bond donors (Lipinski definition) is 1. The molecule has 3 heterocycles. The summed E-state index contributed by atoms with van der Waals surface area (Å²) in [5.74, 6) is 0.615. The van der Waals surface area contributed by atoms with Gasteiger partial charge in [0, 0.05) is 25.6 Å². The molecule has 0 aliphatic carbocycles. The van der Waals surface area contributed by atoms with Crippen molar-refractivity contribution in [1.29, 1.82) is 0 Å². The van der Waals surface area contributed by atoms with Crippen molar-refractivity contribution >= 4 is 40.3 Å². The van der Waals surface area contributed by atoms with Gasteiger partial charge in [0.05, 0.1) is 0 Å². The average molecular weight is 462 g/mol. The third kappa shape index (κ3) is 3.75. The van der Waals surface area contributed by atoms with Crippen LogP contribution in [-0.2, 0) is 16.1 Å². The molecule has 2 saturated heterocycles. The van der Waals surface area contributed by atoms with Gasteiger partial charge < -0.3 is 5.73 Å². The van der Waals surface area contributed by atoms with Crippen molar-refractivity contribution in [3.05, 3.63) is 48.0 Å². The average Bonchev–Trinajstić information content (AvgIpc) is 3.19. The highest BCUT2D eigenvalue weighted by atomic mass is 16.2. The van der Waals surface area contributed by atoms with Crippen LogP contribution in [0.15, 0.2) is 47.5 Å². The lowest BCUT2D eigenvalue weighted by Crippen LogP contribution is -2.61. The predicted octanol–water partition coefficient (Wildman–Crippen LogP) is 1.25. The Bertz CT molecular complexity index is 1240. The molecule has 2 aromatic rings. The van der Waals surface area contributed by atoms with E-state index in [0.717, 1.165) is 35.3 Å². The summed E-state index contributed by atoms with van der Waals surface area (Å²) in [7, 11) is 3.18. The van der Waals surface area contributed by atoms with E-state index in [0.29, 0.717) is 31.8 Å². The number of piperidine rings is 1. The number of aliphatic imine (C=N–C) groups is 1. The fourth-order valence-electron chi connectivity index (χ4n) is 5.15. The Kier molecular flexibility index (Phi) is 5.65. The highest BCUT2D eigenvalue weighted by Gasteiger charge is 2.53. The highest BCUT2D eigenvalue weighted by molar-refractivity contribution is 6.23. The summed E-state index contributed by atoms with van der Waals surface area (Å²) in [5.41, 5.74) is 6.59. The second-order valence-electron chi connectivity index (χ2n) is 9.25. The zero-order chi connectivity index (χ0) is 24.0. The second kappa shape index (κ2) is 8.64. The van der Waals surface area contributed by atoms with E-state index in [1.54, 1.807) is 7.05 Å². The number of amidine groups is 2. The molecule has 0 aromatic heterocycles. The van der Waals surface area contributed by atoms with Gasteiger partial charge in [-0.05, 0) is 41.7 Å². The van der Waals surface area contributed by atoms with Gasteiger partial charge in [0.2, 0.25) is 5.91 Å². The molecule has 3 aliphatic rings. The number of fused-ring (bicyclic) bond motifs is 2. The van der Waals surface area contributed by atoms with Crippen LogP contribution >= 0.6 is 0 Å². The molecule has 0 bridgehead atoms. The zero-order valence-electron chi connectivity index (χ0n) is 19.5. The molecule has 1 unspecified atom stereocenters. The third-order valence-electron chi connectivity index (χ3n) is 7.19. The smallest absolute Gasteiger partial charge is 0.333 e. The van der Waals surface area contributed by atoms with Crippen molar-refractivity contribution in [3.8, 4) is 0 Å². The lowest BCUT2D eigenvalue weighted by molar-refractivity contribution is -0.551. The summed E-state index contributed by atoms with van der Waals surface area (Å²) in [6.45, 7) is 2.50. The molecule has 9 heteroatoms. The van der Waals surface area contributed by atoms with E-state index in [-0.39, 0.29) is 23.8 Å². The lowest BCUT2D eigenvalue weighted by Gasteiger charge is -2.31. The molecule has 2 fully saturated rings. The van der Waals surface area contributed by atoms with Crippen LogP contribution in [0.4, 0.5) is 4.79 Å². The highest BCUT2D eigenvalue weighted by Crippen LogP contribution is 2.25. The molecular formula is C25H29N6O3+. The van der Waals surface area contributed by atoms with E-state index in [1.807, 2.05) is 22.8 Å². The summed E-state index contributed by atoms with van der Waals surface area (Å²) < 4.78 is 2.03. The van der Waals surface area contributed by atoms with Gasteiger partial charge in [-0.25, -0.2) is 9.37 Å². The van der Waals surface area contributed by atoms with Crippen LogP contribution in [-0.4, -0.2) is 88.6 Å². The molecule has 9 nitrogen and oxygen atoms in total. The maximum Gasteiger partial charge on any atom is 0.333 e. The van der Waals surface area contributed by atoms with E-state index in [9.17, 15) is 14.4 Å². The maximum atomic E-state index is 13.3. The molecule has 3 aliphatic heterocycles.